The SMILES string of the molecule is Cc1ccc(-c2c(-c3ccc(Cl)cc3)cc(-c3ccc(Cl)cc3)n2-c2ccc(F)cc2)cc1. The Balaban J connectivity index is 1.86. The molecule has 0 N–H and O–H groups in total. The van der Waals surface area contributed by atoms with E-state index in [-0.39, 0.29) is 5.82 Å². The Bertz CT molecular complexity index is 1290. The number of hydrogen-bond acceptors (Lipinski definition) is 0. The minimum absolute atomic E-state index is 0.270. The van der Waals surface area contributed by atoms with E-state index in [1.165, 1.54) is 17.7 Å². The molecule has 0 radical (unpaired) electrons. The van der Waals surface area contributed by atoms with Crippen molar-refractivity contribution in [2.24, 2.45) is 0 Å². The minimum atomic E-state index is -0.270. The van der Waals surface area contributed by atoms with E-state index >= 15 is 0 Å². The van der Waals surface area contributed by atoms with Crippen LogP contribution in [-0.4, -0.2) is 4.57 Å². The Hall–Kier alpha value is -3.33. The van der Waals surface area contributed by atoms with Gasteiger partial charge in [0.05, 0.1) is 11.4 Å². The first-order valence-corrected chi connectivity index (χ1v) is 11.4. The predicted octanol–water partition coefficient (Wildman–Crippen LogP) is 9.23. The van der Waals surface area contributed by atoms with Crippen molar-refractivity contribution in [3.8, 4) is 39.3 Å². The number of benzene rings is 4. The van der Waals surface area contributed by atoms with Crippen LogP contribution in [0, 0.1) is 12.7 Å². The number of halogens is 3. The van der Waals surface area contributed by atoms with Crippen molar-refractivity contribution >= 4 is 23.2 Å². The zero-order chi connectivity index (χ0) is 22.9. The summed E-state index contributed by atoms with van der Waals surface area (Å²) in [6, 6.07) is 32.8. The van der Waals surface area contributed by atoms with Crippen LogP contribution >= 0.6 is 23.2 Å². The van der Waals surface area contributed by atoms with E-state index in [1.54, 1.807) is 12.1 Å². The van der Waals surface area contributed by atoms with Crippen molar-refractivity contribution in [2.75, 3.05) is 0 Å². The molecule has 4 aromatic carbocycles. The number of rotatable bonds is 4. The first-order valence-electron chi connectivity index (χ1n) is 10.6. The fourth-order valence-corrected chi connectivity index (χ4v) is 4.30. The monoisotopic (exact) mass is 471 g/mol. The van der Waals surface area contributed by atoms with Crippen LogP contribution in [0.1, 0.15) is 5.56 Å². The molecule has 1 heterocycles. The topological polar surface area (TPSA) is 4.93 Å². The molecule has 0 saturated heterocycles. The normalized spacial score (nSPS) is 11.0. The highest BCUT2D eigenvalue weighted by molar-refractivity contribution is 6.31. The molecule has 33 heavy (non-hydrogen) atoms. The third-order valence-corrected chi connectivity index (χ3v) is 6.21. The zero-order valence-electron chi connectivity index (χ0n) is 17.9. The third-order valence-electron chi connectivity index (χ3n) is 5.71. The van der Waals surface area contributed by atoms with Crippen molar-refractivity contribution in [3.05, 3.63) is 125 Å². The Morgan fingerprint density at radius 1 is 0.606 bits per heavy atom. The van der Waals surface area contributed by atoms with Gasteiger partial charge in [-0.05, 0) is 78.2 Å². The van der Waals surface area contributed by atoms with Crippen molar-refractivity contribution in [3.63, 3.8) is 0 Å². The van der Waals surface area contributed by atoms with Gasteiger partial charge in [-0.25, -0.2) is 4.39 Å². The van der Waals surface area contributed by atoms with E-state index in [0.717, 1.165) is 39.3 Å². The van der Waals surface area contributed by atoms with E-state index in [2.05, 4.69) is 41.8 Å². The average Bonchev–Trinajstić information content (AvgIpc) is 3.21. The van der Waals surface area contributed by atoms with Crippen LogP contribution < -0.4 is 0 Å². The molecular weight excluding hydrogens is 452 g/mol. The van der Waals surface area contributed by atoms with Gasteiger partial charge >= 0.3 is 0 Å². The molecule has 4 heteroatoms. The van der Waals surface area contributed by atoms with Gasteiger partial charge in [0.25, 0.3) is 0 Å². The van der Waals surface area contributed by atoms with Gasteiger partial charge in [0, 0.05) is 21.3 Å². The second-order valence-electron chi connectivity index (χ2n) is 7.98. The van der Waals surface area contributed by atoms with Gasteiger partial charge in [-0.3, -0.25) is 0 Å². The molecule has 0 fully saturated rings. The first kappa shape index (κ1) is 21.5. The van der Waals surface area contributed by atoms with Crippen LogP contribution in [0.3, 0.4) is 0 Å². The molecule has 0 aliphatic heterocycles. The Morgan fingerprint density at radius 2 is 1.12 bits per heavy atom. The highest BCUT2D eigenvalue weighted by Gasteiger charge is 2.20. The fourth-order valence-electron chi connectivity index (χ4n) is 4.05. The lowest BCUT2D eigenvalue weighted by molar-refractivity contribution is 0.627. The lowest BCUT2D eigenvalue weighted by Gasteiger charge is -2.16. The molecule has 0 atom stereocenters. The highest BCUT2D eigenvalue weighted by Crippen LogP contribution is 2.41. The van der Waals surface area contributed by atoms with Crippen molar-refractivity contribution in [1.29, 1.82) is 0 Å². The lowest BCUT2D eigenvalue weighted by atomic mass is 10.00. The van der Waals surface area contributed by atoms with E-state index in [9.17, 15) is 4.39 Å². The summed E-state index contributed by atoms with van der Waals surface area (Å²) in [6.07, 6.45) is 0. The lowest BCUT2D eigenvalue weighted by Crippen LogP contribution is -2.00. The van der Waals surface area contributed by atoms with Gasteiger partial charge in [-0.2, -0.15) is 0 Å². The van der Waals surface area contributed by atoms with E-state index in [0.29, 0.717) is 10.0 Å². The molecule has 0 amide bonds. The van der Waals surface area contributed by atoms with Gasteiger partial charge in [0.15, 0.2) is 0 Å². The van der Waals surface area contributed by atoms with Crippen molar-refractivity contribution in [1.82, 2.24) is 4.57 Å². The summed E-state index contributed by atoms with van der Waals surface area (Å²) in [4.78, 5) is 0. The van der Waals surface area contributed by atoms with Gasteiger partial charge in [0.1, 0.15) is 5.82 Å². The quantitative estimate of drug-likeness (QED) is 0.246. The molecule has 0 unspecified atom stereocenters. The Kier molecular flexibility index (Phi) is 5.80. The van der Waals surface area contributed by atoms with Crippen LogP contribution in [0.25, 0.3) is 39.3 Å². The molecule has 0 aliphatic carbocycles. The number of nitrogens with zero attached hydrogens (tertiary/aromatic N) is 1. The number of aromatic nitrogens is 1. The van der Waals surface area contributed by atoms with Crippen molar-refractivity contribution in [2.45, 2.75) is 6.92 Å². The third kappa shape index (κ3) is 4.32. The van der Waals surface area contributed by atoms with Crippen LogP contribution in [0.4, 0.5) is 4.39 Å². The second-order valence-corrected chi connectivity index (χ2v) is 8.86. The maximum Gasteiger partial charge on any atom is 0.123 e. The summed E-state index contributed by atoms with van der Waals surface area (Å²) >= 11 is 12.3. The van der Waals surface area contributed by atoms with Crippen LogP contribution in [0.15, 0.2) is 103 Å². The van der Waals surface area contributed by atoms with Crippen LogP contribution in [0.2, 0.25) is 10.0 Å². The summed E-state index contributed by atoms with van der Waals surface area (Å²) in [6.45, 7) is 2.07. The smallest absolute Gasteiger partial charge is 0.123 e. The molecular formula is C29H20Cl2FN. The van der Waals surface area contributed by atoms with Gasteiger partial charge in [-0.1, -0.05) is 77.3 Å². The maximum atomic E-state index is 13.8. The van der Waals surface area contributed by atoms with Gasteiger partial charge < -0.3 is 4.57 Å². The van der Waals surface area contributed by atoms with Crippen molar-refractivity contribution < 1.29 is 4.39 Å². The predicted molar refractivity (Wildman–Crippen MR) is 137 cm³/mol. The molecule has 0 aliphatic rings. The Labute approximate surface area is 202 Å². The Morgan fingerprint density at radius 3 is 1.70 bits per heavy atom. The summed E-state index contributed by atoms with van der Waals surface area (Å²) in [7, 11) is 0. The van der Waals surface area contributed by atoms with Crippen LogP contribution in [0.5, 0.6) is 0 Å². The van der Waals surface area contributed by atoms with Crippen LogP contribution in [-0.2, 0) is 0 Å². The first-order chi connectivity index (χ1) is 16.0. The highest BCUT2D eigenvalue weighted by atomic mass is 35.5. The van der Waals surface area contributed by atoms with Gasteiger partial charge in [0.2, 0.25) is 0 Å². The number of hydrogen-bond donors (Lipinski definition) is 0. The zero-order valence-corrected chi connectivity index (χ0v) is 19.4. The molecule has 0 spiro atoms. The molecule has 5 rings (SSSR count). The molecule has 1 aromatic heterocycles. The summed E-state index contributed by atoms with van der Waals surface area (Å²) < 4.78 is 16.0. The standard InChI is InChI=1S/C29H20Cl2FN/c1-19-2-4-22(5-3-19)29-27(20-6-10-23(30)11-7-20)18-28(21-8-12-24(31)13-9-21)33(29)26-16-14-25(32)15-17-26/h2-18H,1H3. The molecule has 0 saturated carbocycles. The van der Waals surface area contributed by atoms with E-state index in [4.69, 9.17) is 23.2 Å². The molecule has 162 valence electrons. The molecule has 1 nitrogen and oxygen atoms in total. The summed E-state index contributed by atoms with van der Waals surface area (Å²) in [5.74, 6) is -0.270. The number of aryl methyl sites for hydroxylation is 1. The fraction of sp³-hybridized carbons (Fsp3) is 0.0345. The average molecular weight is 472 g/mol. The minimum Gasteiger partial charge on any atom is -0.309 e. The summed E-state index contributed by atoms with van der Waals surface area (Å²) in [5, 5.41) is 1.36. The maximum absolute atomic E-state index is 13.8. The molecule has 0 bridgehead atoms. The van der Waals surface area contributed by atoms with Gasteiger partial charge in [-0.15, -0.1) is 0 Å². The second kappa shape index (κ2) is 8.90. The summed E-state index contributed by atoms with van der Waals surface area (Å²) in [5.41, 5.74) is 8.25. The largest absolute Gasteiger partial charge is 0.309 e. The molecule has 5 aromatic rings. The van der Waals surface area contributed by atoms with E-state index in [1.807, 2.05) is 48.5 Å². The van der Waals surface area contributed by atoms with E-state index < -0.39 is 0 Å².